The smallest absolute Gasteiger partial charge is 0.270 e. The zero-order valence-corrected chi connectivity index (χ0v) is 17.3. The van der Waals surface area contributed by atoms with Crippen LogP contribution in [0.5, 0.6) is 0 Å². The van der Waals surface area contributed by atoms with Crippen molar-refractivity contribution in [3.05, 3.63) is 79.5 Å². The number of thioether (sulfide) groups is 1. The molecule has 2 aromatic carbocycles. The first kappa shape index (κ1) is 19.5. The molecule has 148 valence electrons. The minimum Gasteiger partial charge on any atom is -0.306 e. The third-order valence-corrected chi connectivity index (χ3v) is 6.22. The molecular weight excluding hydrogens is 412 g/mol. The number of anilines is 1. The molecule has 1 aromatic heterocycles. The van der Waals surface area contributed by atoms with Gasteiger partial charge in [0.15, 0.2) is 0 Å². The number of aromatic nitrogens is 2. The predicted molar refractivity (Wildman–Crippen MR) is 114 cm³/mol. The van der Waals surface area contributed by atoms with Gasteiger partial charge < -0.3 is 5.32 Å². The van der Waals surface area contributed by atoms with Crippen LogP contribution < -0.4 is 5.32 Å². The fourth-order valence-corrected chi connectivity index (χ4v) is 4.40. The lowest BCUT2D eigenvalue weighted by Gasteiger charge is -2.13. The standard InChI is InChI=1S/C20H17ClN4O3S/c1-11-3-4-13(7-12(11)2)24-19(16-9-29-10-18(16)23-24)22-20(26)15-8-14(25(27)28)5-6-17(15)21/h3-8H,9-10H2,1-2H3,(H,22,26). The monoisotopic (exact) mass is 428 g/mol. The first-order valence-corrected chi connectivity index (χ1v) is 10.4. The summed E-state index contributed by atoms with van der Waals surface area (Å²) in [5.41, 5.74) is 4.87. The Kier molecular flexibility index (Phi) is 5.06. The highest BCUT2D eigenvalue weighted by Gasteiger charge is 2.26. The van der Waals surface area contributed by atoms with Crippen LogP contribution in [0, 0.1) is 24.0 Å². The summed E-state index contributed by atoms with van der Waals surface area (Å²) in [5, 5.41) is 18.8. The van der Waals surface area contributed by atoms with Crippen molar-refractivity contribution in [2.75, 3.05) is 5.32 Å². The number of amides is 1. The molecule has 0 radical (unpaired) electrons. The van der Waals surface area contributed by atoms with Gasteiger partial charge in [-0.1, -0.05) is 17.7 Å². The van der Waals surface area contributed by atoms with Gasteiger partial charge in [0.2, 0.25) is 0 Å². The van der Waals surface area contributed by atoms with Crippen molar-refractivity contribution in [1.29, 1.82) is 0 Å². The quantitative estimate of drug-likeness (QED) is 0.464. The molecule has 0 saturated heterocycles. The van der Waals surface area contributed by atoms with Gasteiger partial charge in [0.05, 0.1) is 26.9 Å². The summed E-state index contributed by atoms with van der Waals surface area (Å²) in [6.07, 6.45) is 0. The lowest BCUT2D eigenvalue weighted by Crippen LogP contribution is -2.17. The summed E-state index contributed by atoms with van der Waals surface area (Å²) >= 11 is 7.86. The molecular formula is C20H17ClN4O3S. The van der Waals surface area contributed by atoms with Crippen molar-refractivity contribution >= 4 is 40.8 Å². The maximum Gasteiger partial charge on any atom is 0.270 e. The van der Waals surface area contributed by atoms with Gasteiger partial charge in [-0.25, -0.2) is 4.68 Å². The average Bonchev–Trinajstić information content (AvgIpc) is 3.27. The third-order valence-electron chi connectivity index (χ3n) is 4.92. The Morgan fingerprint density at radius 1 is 1.21 bits per heavy atom. The summed E-state index contributed by atoms with van der Waals surface area (Å²) in [7, 11) is 0. The van der Waals surface area contributed by atoms with Crippen LogP contribution in [0.3, 0.4) is 0 Å². The van der Waals surface area contributed by atoms with Gasteiger partial charge in [0.25, 0.3) is 11.6 Å². The van der Waals surface area contributed by atoms with Gasteiger partial charge in [-0.05, 0) is 43.2 Å². The largest absolute Gasteiger partial charge is 0.306 e. The Balaban J connectivity index is 1.76. The number of hydrogen-bond donors (Lipinski definition) is 1. The van der Waals surface area contributed by atoms with Crippen molar-refractivity contribution in [2.45, 2.75) is 25.4 Å². The summed E-state index contributed by atoms with van der Waals surface area (Å²) in [4.78, 5) is 23.5. The van der Waals surface area contributed by atoms with E-state index in [0.29, 0.717) is 5.82 Å². The van der Waals surface area contributed by atoms with Crippen LogP contribution in [0.4, 0.5) is 11.5 Å². The highest BCUT2D eigenvalue weighted by Crippen LogP contribution is 2.37. The number of rotatable bonds is 4. The minimum atomic E-state index is -0.555. The zero-order chi connectivity index (χ0) is 20.7. The van der Waals surface area contributed by atoms with Crippen molar-refractivity contribution in [1.82, 2.24) is 9.78 Å². The molecule has 0 aliphatic carbocycles. The van der Waals surface area contributed by atoms with E-state index in [-0.39, 0.29) is 16.3 Å². The number of nitrogens with one attached hydrogen (secondary N) is 1. The molecule has 0 bridgehead atoms. The highest BCUT2D eigenvalue weighted by molar-refractivity contribution is 7.98. The van der Waals surface area contributed by atoms with Crippen molar-refractivity contribution in [3.63, 3.8) is 0 Å². The number of carbonyl (C=O) groups excluding carboxylic acids is 1. The number of halogens is 1. The molecule has 1 aliphatic heterocycles. The summed E-state index contributed by atoms with van der Waals surface area (Å²) in [6.45, 7) is 4.05. The number of carbonyl (C=O) groups is 1. The lowest BCUT2D eigenvalue weighted by molar-refractivity contribution is -0.384. The van der Waals surface area contributed by atoms with E-state index < -0.39 is 10.8 Å². The van der Waals surface area contributed by atoms with Crippen molar-refractivity contribution in [3.8, 4) is 5.69 Å². The summed E-state index contributed by atoms with van der Waals surface area (Å²) in [5.74, 6) is 1.57. The number of aryl methyl sites for hydroxylation is 2. The molecule has 1 aliphatic rings. The van der Waals surface area contributed by atoms with Crippen molar-refractivity contribution in [2.24, 2.45) is 0 Å². The molecule has 2 heterocycles. The second kappa shape index (κ2) is 7.53. The van der Waals surface area contributed by atoms with Gasteiger partial charge in [-0.3, -0.25) is 14.9 Å². The Bertz CT molecular complexity index is 1160. The van der Waals surface area contributed by atoms with E-state index in [0.717, 1.165) is 39.6 Å². The van der Waals surface area contributed by atoms with Crippen LogP contribution in [-0.2, 0) is 11.5 Å². The molecule has 3 aromatic rings. The lowest BCUT2D eigenvalue weighted by atomic mass is 10.1. The van der Waals surface area contributed by atoms with E-state index in [1.54, 1.807) is 16.4 Å². The van der Waals surface area contributed by atoms with E-state index in [1.807, 2.05) is 32.0 Å². The Morgan fingerprint density at radius 3 is 2.72 bits per heavy atom. The van der Waals surface area contributed by atoms with Gasteiger partial charge in [-0.2, -0.15) is 16.9 Å². The average molecular weight is 429 g/mol. The first-order valence-electron chi connectivity index (χ1n) is 8.86. The van der Waals surface area contributed by atoms with E-state index in [2.05, 4.69) is 10.4 Å². The molecule has 29 heavy (non-hydrogen) atoms. The molecule has 1 N–H and O–H groups in total. The van der Waals surface area contributed by atoms with E-state index in [1.165, 1.54) is 18.2 Å². The second-order valence-corrected chi connectivity index (χ2v) is 8.22. The van der Waals surface area contributed by atoms with Crippen molar-refractivity contribution < 1.29 is 9.72 Å². The second-order valence-electron chi connectivity index (χ2n) is 6.82. The molecule has 0 atom stereocenters. The van der Waals surface area contributed by atoms with Crippen LogP contribution in [0.1, 0.15) is 32.7 Å². The van der Waals surface area contributed by atoms with E-state index >= 15 is 0 Å². The number of nitro groups is 1. The molecule has 0 saturated carbocycles. The topological polar surface area (TPSA) is 90.1 Å². The SMILES string of the molecule is Cc1ccc(-n2nc3c(c2NC(=O)c2cc([N+](=O)[O-])ccc2Cl)CSC3)cc1C. The Labute approximate surface area is 176 Å². The normalized spacial score (nSPS) is 12.7. The molecule has 0 spiro atoms. The number of hydrogen-bond acceptors (Lipinski definition) is 5. The summed E-state index contributed by atoms with van der Waals surface area (Å²) < 4.78 is 1.72. The van der Waals surface area contributed by atoms with Crippen LogP contribution >= 0.6 is 23.4 Å². The first-order chi connectivity index (χ1) is 13.8. The number of non-ortho nitro benzene ring substituents is 1. The Morgan fingerprint density at radius 2 is 2.00 bits per heavy atom. The fourth-order valence-electron chi connectivity index (χ4n) is 3.16. The van der Waals surface area contributed by atoms with Crippen LogP contribution in [0.15, 0.2) is 36.4 Å². The summed E-state index contributed by atoms with van der Waals surface area (Å²) in [6, 6.07) is 9.79. The van der Waals surface area contributed by atoms with E-state index in [9.17, 15) is 14.9 Å². The fraction of sp³-hybridized carbons (Fsp3) is 0.200. The molecule has 0 fully saturated rings. The maximum absolute atomic E-state index is 12.9. The molecule has 9 heteroatoms. The van der Waals surface area contributed by atoms with Crippen LogP contribution in [0.25, 0.3) is 5.69 Å². The minimum absolute atomic E-state index is 0.0492. The van der Waals surface area contributed by atoms with Gasteiger partial charge in [-0.15, -0.1) is 0 Å². The van der Waals surface area contributed by atoms with E-state index in [4.69, 9.17) is 11.6 Å². The van der Waals surface area contributed by atoms with Gasteiger partial charge in [0.1, 0.15) is 5.82 Å². The third kappa shape index (κ3) is 3.61. The molecule has 4 rings (SSSR count). The number of nitro benzene ring substituents is 1. The number of nitrogens with zero attached hydrogens (tertiary/aromatic N) is 3. The van der Waals surface area contributed by atoms with Gasteiger partial charge >= 0.3 is 0 Å². The molecule has 1 amide bonds. The number of fused-ring (bicyclic) bond motifs is 1. The Hall–Kier alpha value is -2.84. The predicted octanol–water partition coefficient (Wildman–Crippen LogP) is 5.05. The molecule has 0 unspecified atom stereocenters. The zero-order valence-electron chi connectivity index (χ0n) is 15.7. The van der Waals surface area contributed by atoms with Crippen LogP contribution in [-0.4, -0.2) is 20.6 Å². The maximum atomic E-state index is 12.9. The highest BCUT2D eigenvalue weighted by atomic mass is 35.5. The van der Waals surface area contributed by atoms with Crippen LogP contribution in [0.2, 0.25) is 5.02 Å². The number of benzene rings is 2. The molecule has 7 nitrogen and oxygen atoms in total. The van der Waals surface area contributed by atoms with Gasteiger partial charge in [0, 0.05) is 29.2 Å².